The zero-order valence-corrected chi connectivity index (χ0v) is 22.1. The summed E-state index contributed by atoms with van der Waals surface area (Å²) < 4.78 is 6.41. The highest BCUT2D eigenvalue weighted by Crippen LogP contribution is 2.37. The van der Waals surface area contributed by atoms with E-state index < -0.39 is 5.43 Å². The molecule has 6 heteroatoms. The number of piperidine rings is 1. The molecule has 2 aromatic carbocycles. The first-order valence-corrected chi connectivity index (χ1v) is 14.3. The van der Waals surface area contributed by atoms with E-state index in [0.29, 0.717) is 24.5 Å². The molecule has 2 aromatic rings. The van der Waals surface area contributed by atoms with Crippen molar-refractivity contribution in [1.82, 2.24) is 0 Å². The lowest BCUT2D eigenvalue weighted by atomic mass is 9.87. The molecule has 2 atom stereocenters. The van der Waals surface area contributed by atoms with Crippen LogP contribution in [0.3, 0.4) is 0 Å². The summed E-state index contributed by atoms with van der Waals surface area (Å²) in [6.07, 6.45) is 13.3. The van der Waals surface area contributed by atoms with E-state index in [1.165, 1.54) is 50.5 Å². The topological polar surface area (TPSA) is 84.7 Å². The van der Waals surface area contributed by atoms with Gasteiger partial charge in [-0.3, -0.25) is 9.59 Å². The molecule has 0 bridgehead atoms. The average Bonchev–Trinajstić information content (AvgIpc) is 3.74. The van der Waals surface area contributed by atoms with Gasteiger partial charge in [-0.15, -0.1) is 0 Å². The van der Waals surface area contributed by atoms with Gasteiger partial charge in [0.1, 0.15) is 11.4 Å². The lowest BCUT2D eigenvalue weighted by molar-refractivity contribution is 0.00304. The van der Waals surface area contributed by atoms with Crippen LogP contribution in [0.4, 0.5) is 11.4 Å². The molecule has 1 aliphatic heterocycles. The lowest BCUT2D eigenvalue weighted by Gasteiger charge is -2.39. The Morgan fingerprint density at radius 2 is 1.75 bits per heavy atom. The van der Waals surface area contributed by atoms with Crippen LogP contribution in [0.15, 0.2) is 39.9 Å². The third-order valence-electron chi connectivity index (χ3n) is 8.08. The Morgan fingerprint density at radius 3 is 2.39 bits per heavy atom. The van der Waals surface area contributed by atoms with Gasteiger partial charge in [0.2, 0.25) is 0 Å². The smallest absolute Gasteiger partial charge is 0.253 e. The largest absolute Gasteiger partial charge is 0.379 e. The molecule has 0 radical (unpaired) electrons. The van der Waals surface area contributed by atoms with E-state index in [0.717, 1.165) is 50.8 Å². The Balaban J connectivity index is 0.000000375. The first kappa shape index (κ1) is 26.9. The predicted octanol–water partition coefficient (Wildman–Crippen LogP) is 5.01. The number of benzene rings is 1. The average molecular weight is 496 g/mol. The number of nitrogens with two attached hydrogens (primary N) is 1. The molecule has 2 unspecified atom stereocenters. The summed E-state index contributed by atoms with van der Waals surface area (Å²) in [5, 5.41) is 3.04. The van der Waals surface area contributed by atoms with Gasteiger partial charge in [-0.25, -0.2) is 0 Å². The number of nitrogens with zero attached hydrogens (tertiary/aromatic N) is 1. The monoisotopic (exact) mass is 495 g/mol. The van der Waals surface area contributed by atoms with Gasteiger partial charge >= 0.3 is 0 Å². The second-order valence-electron chi connectivity index (χ2n) is 11.1. The zero-order chi connectivity index (χ0) is 25.3. The fourth-order valence-electron chi connectivity index (χ4n) is 5.72. The third kappa shape index (κ3) is 7.19. The van der Waals surface area contributed by atoms with E-state index in [1.54, 1.807) is 0 Å². The molecule has 198 valence electrons. The van der Waals surface area contributed by atoms with Crippen LogP contribution in [0.25, 0.3) is 0 Å². The first-order valence-electron chi connectivity index (χ1n) is 14.3. The predicted molar refractivity (Wildman–Crippen MR) is 149 cm³/mol. The van der Waals surface area contributed by atoms with E-state index in [-0.39, 0.29) is 17.5 Å². The molecule has 6 nitrogen and oxygen atoms in total. The van der Waals surface area contributed by atoms with E-state index in [9.17, 15) is 9.59 Å². The fourth-order valence-corrected chi connectivity index (χ4v) is 5.72. The molecule has 0 amide bonds. The Morgan fingerprint density at radius 1 is 1.00 bits per heavy atom. The van der Waals surface area contributed by atoms with E-state index in [4.69, 9.17) is 10.5 Å². The molecule has 3 aliphatic rings. The molecule has 3 fully saturated rings. The van der Waals surface area contributed by atoms with Crippen LogP contribution < -0.4 is 26.8 Å². The van der Waals surface area contributed by atoms with Gasteiger partial charge in [-0.1, -0.05) is 82.2 Å². The van der Waals surface area contributed by atoms with Gasteiger partial charge in [0, 0.05) is 38.7 Å². The summed E-state index contributed by atoms with van der Waals surface area (Å²) >= 11 is 0. The third-order valence-corrected chi connectivity index (χ3v) is 8.08. The van der Waals surface area contributed by atoms with Gasteiger partial charge in [-0.2, -0.15) is 0 Å². The highest BCUT2D eigenvalue weighted by Gasteiger charge is 2.34. The Hall–Kier alpha value is -2.18. The van der Waals surface area contributed by atoms with Crippen LogP contribution in [-0.2, 0) is 4.74 Å². The van der Waals surface area contributed by atoms with Crippen LogP contribution in [-0.4, -0.2) is 32.8 Å². The Kier molecular flexibility index (Phi) is 9.99. The van der Waals surface area contributed by atoms with Crippen molar-refractivity contribution in [2.45, 2.75) is 77.2 Å². The molecule has 36 heavy (non-hydrogen) atoms. The van der Waals surface area contributed by atoms with Crippen molar-refractivity contribution >= 4 is 11.4 Å². The summed E-state index contributed by atoms with van der Waals surface area (Å²) in [5.74, 6) is 2.17. The first-order chi connectivity index (χ1) is 17.6. The molecule has 3 N–H and O–H groups in total. The van der Waals surface area contributed by atoms with Crippen molar-refractivity contribution in [3.05, 3.63) is 56.3 Å². The van der Waals surface area contributed by atoms with Crippen LogP contribution in [0.1, 0.15) is 82.8 Å². The summed E-state index contributed by atoms with van der Waals surface area (Å²) in [7, 11) is 0. The van der Waals surface area contributed by atoms with Crippen molar-refractivity contribution in [2.24, 2.45) is 23.5 Å². The maximum atomic E-state index is 12.3. The minimum atomic E-state index is -0.420. The number of anilines is 2. The quantitative estimate of drug-likeness (QED) is 0.451. The van der Waals surface area contributed by atoms with Crippen molar-refractivity contribution < 1.29 is 4.74 Å². The maximum absolute atomic E-state index is 12.3. The summed E-state index contributed by atoms with van der Waals surface area (Å²) in [4.78, 5) is 26.4. The molecule has 1 saturated heterocycles. The van der Waals surface area contributed by atoms with E-state index in [2.05, 4.69) is 41.4 Å². The van der Waals surface area contributed by atoms with Gasteiger partial charge in [-0.05, 0) is 36.7 Å². The van der Waals surface area contributed by atoms with Crippen LogP contribution >= 0.6 is 0 Å². The van der Waals surface area contributed by atoms with Gasteiger partial charge in [0.05, 0.1) is 6.10 Å². The van der Waals surface area contributed by atoms with Gasteiger partial charge in [0.25, 0.3) is 10.9 Å². The zero-order valence-electron chi connectivity index (χ0n) is 22.1. The van der Waals surface area contributed by atoms with Crippen LogP contribution in [0, 0.1) is 17.8 Å². The van der Waals surface area contributed by atoms with Crippen molar-refractivity contribution in [3.63, 3.8) is 0 Å². The normalized spacial score (nSPS) is 21.6. The standard InChI is InChI=1S/C23H31N3O3.C7H14/c24-11-12-25-19-20(22(28)21(19)27)26-13-4-7-18(15-26)23(17-5-2-1-3-6-17)29-14-10-16-8-9-16;1-7-5-3-2-4-6-7/h1-3,5-6,16,18,23,25H,4,7-15,24H2;7H,2-6H2,1H3. The summed E-state index contributed by atoms with van der Waals surface area (Å²) in [6, 6.07) is 10.4. The lowest BCUT2D eigenvalue weighted by Crippen LogP contribution is -2.47. The SMILES string of the molecule is CC1CCCCC1.NCCNc1c(N2CCCC(C(OCCC3CC3)c3ccccc3)C2)c(=O)c1=O. The summed E-state index contributed by atoms with van der Waals surface area (Å²) in [6.45, 7) is 5.58. The van der Waals surface area contributed by atoms with Gasteiger partial charge < -0.3 is 20.7 Å². The minimum absolute atomic E-state index is 0.0182. The van der Waals surface area contributed by atoms with Crippen LogP contribution in [0.5, 0.6) is 0 Å². The highest BCUT2D eigenvalue weighted by molar-refractivity contribution is 5.75. The van der Waals surface area contributed by atoms with Crippen LogP contribution in [0.2, 0.25) is 0 Å². The molecule has 2 saturated carbocycles. The minimum Gasteiger partial charge on any atom is -0.379 e. The molecule has 5 rings (SSSR count). The number of rotatable bonds is 10. The second-order valence-corrected chi connectivity index (χ2v) is 11.1. The van der Waals surface area contributed by atoms with Crippen molar-refractivity contribution in [2.75, 3.05) is 43.0 Å². The molecule has 2 aliphatic carbocycles. The molecule has 0 aromatic heterocycles. The second kappa shape index (κ2) is 13.4. The summed E-state index contributed by atoms with van der Waals surface area (Å²) in [5.41, 5.74) is 6.92. The molecular weight excluding hydrogens is 450 g/mol. The number of hydrogen-bond donors (Lipinski definition) is 2. The molecular formula is C30H45N3O3. The van der Waals surface area contributed by atoms with Crippen molar-refractivity contribution in [1.29, 1.82) is 0 Å². The molecule has 0 spiro atoms. The number of ether oxygens (including phenoxy) is 1. The van der Waals surface area contributed by atoms with Crippen molar-refractivity contribution in [3.8, 4) is 0 Å². The van der Waals surface area contributed by atoms with E-state index >= 15 is 0 Å². The fraction of sp³-hybridized carbons (Fsp3) is 0.667. The number of nitrogens with one attached hydrogen (secondary N) is 1. The Bertz CT molecular complexity index is 991. The Labute approximate surface area is 216 Å². The highest BCUT2D eigenvalue weighted by atomic mass is 16.5. The number of hydrogen-bond acceptors (Lipinski definition) is 6. The van der Waals surface area contributed by atoms with Gasteiger partial charge in [0.15, 0.2) is 0 Å². The molecule has 1 heterocycles. The van der Waals surface area contributed by atoms with E-state index in [1.807, 2.05) is 6.07 Å². The maximum Gasteiger partial charge on any atom is 0.253 e.